The fraction of sp³-hybridized carbons (Fsp3) is 0.200. The van der Waals surface area contributed by atoms with Crippen LogP contribution in [0.15, 0.2) is 48.9 Å². The number of hydrogen-bond donors (Lipinski definition) is 0. The van der Waals surface area contributed by atoms with E-state index in [1.54, 1.807) is 6.20 Å². The van der Waals surface area contributed by atoms with Crippen LogP contribution in [0.4, 0.5) is 0 Å². The highest BCUT2D eigenvalue weighted by Gasteiger charge is 2.04. The van der Waals surface area contributed by atoms with Crippen molar-refractivity contribution in [2.24, 2.45) is 0 Å². The molecule has 3 aromatic rings. The summed E-state index contributed by atoms with van der Waals surface area (Å²) in [5, 5.41) is 0. The van der Waals surface area contributed by atoms with Crippen LogP contribution < -0.4 is 4.74 Å². The normalized spacial score (nSPS) is 10.8. The van der Waals surface area contributed by atoms with Crippen molar-refractivity contribution in [3.8, 4) is 17.0 Å². The predicted octanol–water partition coefficient (Wildman–Crippen LogP) is 3.40. The highest BCUT2D eigenvalue weighted by Crippen LogP contribution is 2.21. The van der Waals surface area contributed by atoms with Crippen molar-refractivity contribution in [1.29, 1.82) is 0 Å². The summed E-state index contributed by atoms with van der Waals surface area (Å²) in [5.74, 6) is 2.16. The Morgan fingerprint density at radius 1 is 1.20 bits per heavy atom. The van der Waals surface area contributed by atoms with Crippen LogP contribution in [0.3, 0.4) is 0 Å². The van der Waals surface area contributed by atoms with Crippen LogP contribution in [0.25, 0.3) is 17.0 Å². The molecular weight excluding hydrogens is 274 g/mol. The average molecular weight is 288 g/mol. The first-order valence-electron chi connectivity index (χ1n) is 6.46. The van der Waals surface area contributed by atoms with E-state index in [1.165, 1.54) is 0 Å². The molecule has 0 fully saturated rings. The number of nitrogens with zero attached hydrogens (tertiary/aromatic N) is 3. The van der Waals surface area contributed by atoms with Crippen molar-refractivity contribution in [2.45, 2.75) is 6.42 Å². The second kappa shape index (κ2) is 5.92. The minimum atomic E-state index is 0.617. The first-order chi connectivity index (χ1) is 9.86. The quantitative estimate of drug-likeness (QED) is 0.533. The highest BCUT2D eigenvalue weighted by atomic mass is 35.5. The standard InChI is InChI=1S/C15H14ClN3O/c16-7-1-10-20-13-5-3-12(4-6-13)14-11-19-9-2-8-17-15(19)18-14/h2-6,8-9,11H,1,7,10H2. The third-order valence-corrected chi connectivity index (χ3v) is 3.20. The van der Waals surface area contributed by atoms with E-state index < -0.39 is 0 Å². The number of ether oxygens (including phenoxy) is 1. The number of benzene rings is 1. The van der Waals surface area contributed by atoms with Gasteiger partial charge in [-0.15, -0.1) is 11.6 Å². The van der Waals surface area contributed by atoms with Gasteiger partial charge in [-0.25, -0.2) is 9.97 Å². The smallest absolute Gasteiger partial charge is 0.234 e. The summed E-state index contributed by atoms with van der Waals surface area (Å²) < 4.78 is 7.48. The van der Waals surface area contributed by atoms with Gasteiger partial charge < -0.3 is 4.74 Å². The summed E-state index contributed by atoms with van der Waals surface area (Å²) in [5.41, 5.74) is 1.94. The molecule has 0 spiro atoms. The van der Waals surface area contributed by atoms with Crippen LogP contribution in [0.2, 0.25) is 0 Å². The monoisotopic (exact) mass is 287 g/mol. The summed E-state index contributed by atoms with van der Waals surface area (Å²) in [4.78, 5) is 8.69. The number of fused-ring (bicyclic) bond motifs is 1. The number of rotatable bonds is 5. The lowest BCUT2D eigenvalue weighted by molar-refractivity contribution is 0.318. The Balaban J connectivity index is 1.79. The van der Waals surface area contributed by atoms with Crippen LogP contribution in [-0.4, -0.2) is 26.9 Å². The van der Waals surface area contributed by atoms with Gasteiger partial charge in [0.25, 0.3) is 0 Å². The minimum absolute atomic E-state index is 0.617. The van der Waals surface area contributed by atoms with Gasteiger partial charge in [-0.3, -0.25) is 4.40 Å². The van der Waals surface area contributed by atoms with Crippen molar-refractivity contribution in [3.05, 3.63) is 48.9 Å². The summed E-state index contributed by atoms with van der Waals surface area (Å²) in [6, 6.07) is 9.77. The van der Waals surface area contributed by atoms with Gasteiger partial charge in [-0.05, 0) is 36.8 Å². The third kappa shape index (κ3) is 2.75. The van der Waals surface area contributed by atoms with Gasteiger partial charge in [-0.1, -0.05) is 0 Å². The predicted molar refractivity (Wildman–Crippen MR) is 79.3 cm³/mol. The number of alkyl halides is 1. The number of halogens is 1. The number of aromatic nitrogens is 3. The SMILES string of the molecule is ClCCCOc1ccc(-c2cn3cccnc3n2)cc1. The Hall–Kier alpha value is -2.07. The van der Waals surface area contributed by atoms with Crippen molar-refractivity contribution in [3.63, 3.8) is 0 Å². The fourth-order valence-corrected chi connectivity index (χ4v) is 2.04. The van der Waals surface area contributed by atoms with Crippen LogP contribution in [-0.2, 0) is 0 Å². The van der Waals surface area contributed by atoms with E-state index in [0.29, 0.717) is 18.3 Å². The van der Waals surface area contributed by atoms with Gasteiger partial charge in [0.15, 0.2) is 0 Å². The molecule has 2 aromatic heterocycles. The molecule has 0 atom stereocenters. The molecule has 0 saturated heterocycles. The van der Waals surface area contributed by atoms with Gasteiger partial charge in [0.2, 0.25) is 5.78 Å². The molecular formula is C15H14ClN3O. The molecule has 0 radical (unpaired) electrons. The molecule has 0 N–H and O–H groups in total. The highest BCUT2D eigenvalue weighted by molar-refractivity contribution is 6.17. The van der Waals surface area contributed by atoms with Crippen LogP contribution in [0.1, 0.15) is 6.42 Å². The maximum atomic E-state index is 5.62. The van der Waals surface area contributed by atoms with Crippen molar-refractivity contribution in [1.82, 2.24) is 14.4 Å². The minimum Gasteiger partial charge on any atom is -0.494 e. The molecule has 0 aliphatic carbocycles. The van der Waals surface area contributed by atoms with Crippen molar-refractivity contribution in [2.75, 3.05) is 12.5 Å². The summed E-state index contributed by atoms with van der Waals surface area (Å²) >= 11 is 5.62. The zero-order valence-corrected chi connectivity index (χ0v) is 11.6. The molecule has 0 bridgehead atoms. The topological polar surface area (TPSA) is 39.4 Å². The van der Waals surface area contributed by atoms with Crippen LogP contribution >= 0.6 is 11.6 Å². The van der Waals surface area contributed by atoms with Crippen LogP contribution in [0.5, 0.6) is 5.75 Å². The Kier molecular flexibility index (Phi) is 3.83. The molecule has 1 aromatic carbocycles. The molecule has 0 aliphatic heterocycles. The van der Waals surface area contributed by atoms with Crippen LogP contribution in [0, 0.1) is 0 Å². The second-order valence-electron chi connectivity index (χ2n) is 4.37. The molecule has 102 valence electrons. The van der Waals surface area contributed by atoms with Gasteiger partial charge in [0.05, 0.1) is 12.3 Å². The lowest BCUT2D eigenvalue weighted by Crippen LogP contribution is -1.97. The molecule has 0 saturated carbocycles. The summed E-state index contributed by atoms with van der Waals surface area (Å²) in [6.45, 7) is 0.640. The van der Waals surface area contributed by atoms with Crippen molar-refractivity contribution < 1.29 is 4.74 Å². The maximum Gasteiger partial charge on any atom is 0.234 e. The first kappa shape index (κ1) is 12.9. The molecule has 0 amide bonds. The van der Waals surface area contributed by atoms with E-state index in [1.807, 2.05) is 47.1 Å². The Morgan fingerprint density at radius 2 is 2.05 bits per heavy atom. The second-order valence-corrected chi connectivity index (χ2v) is 4.75. The van der Waals surface area contributed by atoms with Crippen molar-refractivity contribution >= 4 is 17.4 Å². The number of hydrogen-bond acceptors (Lipinski definition) is 3. The Labute approximate surface area is 122 Å². The molecule has 20 heavy (non-hydrogen) atoms. The van der Waals surface area contributed by atoms with E-state index in [9.17, 15) is 0 Å². The first-order valence-corrected chi connectivity index (χ1v) is 6.99. The molecule has 0 aliphatic rings. The number of imidazole rings is 1. The average Bonchev–Trinajstić information content (AvgIpc) is 2.92. The zero-order chi connectivity index (χ0) is 13.8. The van der Waals surface area contributed by atoms with Gasteiger partial charge >= 0.3 is 0 Å². The van der Waals surface area contributed by atoms with E-state index in [-0.39, 0.29) is 0 Å². The fourth-order valence-electron chi connectivity index (χ4n) is 1.94. The van der Waals surface area contributed by atoms with E-state index in [2.05, 4.69) is 9.97 Å². The van der Waals surface area contributed by atoms with E-state index in [0.717, 1.165) is 23.4 Å². The lowest BCUT2D eigenvalue weighted by atomic mass is 10.2. The summed E-state index contributed by atoms with van der Waals surface area (Å²) in [6.07, 6.45) is 6.48. The molecule has 5 heteroatoms. The van der Waals surface area contributed by atoms with E-state index >= 15 is 0 Å². The zero-order valence-electron chi connectivity index (χ0n) is 10.9. The van der Waals surface area contributed by atoms with Gasteiger partial charge in [-0.2, -0.15) is 0 Å². The molecule has 0 unspecified atom stereocenters. The molecule has 2 heterocycles. The Bertz CT molecular complexity index is 661. The lowest BCUT2D eigenvalue weighted by Gasteiger charge is -2.05. The summed E-state index contributed by atoms with van der Waals surface area (Å²) in [7, 11) is 0. The van der Waals surface area contributed by atoms with E-state index in [4.69, 9.17) is 16.3 Å². The van der Waals surface area contributed by atoms with Gasteiger partial charge in [0, 0.05) is 30.0 Å². The molecule has 3 rings (SSSR count). The maximum absolute atomic E-state index is 5.62. The Morgan fingerprint density at radius 3 is 2.80 bits per heavy atom. The third-order valence-electron chi connectivity index (χ3n) is 2.93. The molecule has 4 nitrogen and oxygen atoms in total. The van der Waals surface area contributed by atoms with Gasteiger partial charge in [0.1, 0.15) is 5.75 Å². The largest absolute Gasteiger partial charge is 0.494 e.